The van der Waals surface area contributed by atoms with Gasteiger partial charge in [-0.2, -0.15) is 0 Å². The number of carbonyl (C=O) groups excluding carboxylic acids is 1. The van der Waals surface area contributed by atoms with Gasteiger partial charge in [-0.15, -0.1) is 0 Å². The van der Waals surface area contributed by atoms with Gasteiger partial charge in [0, 0.05) is 5.69 Å². The normalized spacial score (nSPS) is 14.2. The average Bonchev–Trinajstić information content (AvgIpc) is 3.13. The van der Waals surface area contributed by atoms with Gasteiger partial charge in [0.2, 0.25) is 5.91 Å². The van der Waals surface area contributed by atoms with Crippen molar-refractivity contribution in [2.24, 2.45) is 5.92 Å². The first-order valence-electron chi connectivity index (χ1n) is 5.99. The van der Waals surface area contributed by atoms with Crippen molar-refractivity contribution in [1.29, 1.82) is 0 Å². The number of rotatable bonds is 6. The second-order valence-corrected chi connectivity index (χ2v) is 4.50. The zero-order chi connectivity index (χ0) is 13.0. The summed E-state index contributed by atoms with van der Waals surface area (Å²) in [5.74, 6) is -0.342. The molecule has 0 aliphatic heterocycles. The standard InChI is InChI=1S/C13H16N2O3/c16-12(8-14-7-9-1-2-9)15-11-5-3-10(4-6-11)13(17)18/h3-6,9,14H,1-2,7-8H2,(H,15,16)(H,17,18). The summed E-state index contributed by atoms with van der Waals surface area (Å²) in [5, 5.41) is 14.5. The molecule has 0 heterocycles. The van der Waals surface area contributed by atoms with Crippen molar-refractivity contribution in [1.82, 2.24) is 5.32 Å². The molecule has 1 aromatic rings. The molecule has 1 saturated carbocycles. The fourth-order valence-electron chi connectivity index (χ4n) is 1.61. The molecule has 2 rings (SSSR count). The van der Waals surface area contributed by atoms with Gasteiger partial charge in [-0.05, 0) is 49.6 Å². The number of carboxylic acids is 1. The molecule has 0 spiro atoms. The number of carbonyl (C=O) groups is 2. The molecule has 0 unspecified atom stereocenters. The molecule has 18 heavy (non-hydrogen) atoms. The molecular weight excluding hydrogens is 232 g/mol. The SMILES string of the molecule is O=C(CNCC1CC1)Nc1ccc(C(=O)O)cc1. The third-order valence-corrected chi connectivity index (χ3v) is 2.83. The minimum atomic E-state index is -0.973. The maximum Gasteiger partial charge on any atom is 0.335 e. The van der Waals surface area contributed by atoms with Crippen molar-refractivity contribution in [3.05, 3.63) is 29.8 Å². The van der Waals surface area contributed by atoms with Gasteiger partial charge < -0.3 is 15.7 Å². The van der Waals surface area contributed by atoms with Crippen molar-refractivity contribution in [2.75, 3.05) is 18.4 Å². The van der Waals surface area contributed by atoms with Gasteiger partial charge >= 0.3 is 5.97 Å². The number of carboxylic acid groups (broad SMARTS) is 1. The highest BCUT2D eigenvalue weighted by Gasteiger charge is 2.20. The zero-order valence-corrected chi connectivity index (χ0v) is 9.98. The van der Waals surface area contributed by atoms with Crippen LogP contribution in [0.4, 0.5) is 5.69 Å². The Morgan fingerprint density at radius 2 is 1.89 bits per heavy atom. The number of hydrogen-bond donors (Lipinski definition) is 3. The van der Waals surface area contributed by atoms with Crippen LogP contribution in [0.3, 0.4) is 0 Å². The topological polar surface area (TPSA) is 78.4 Å². The summed E-state index contributed by atoms with van der Waals surface area (Å²) in [5.41, 5.74) is 0.818. The first kappa shape index (κ1) is 12.6. The number of nitrogens with one attached hydrogen (secondary N) is 2. The molecule has 3 N–H and O–H groups in total. The molecule has 0 radical (unpaired) electrons. The number of amides is 1. The first-order chi connectivity index (χ1) is 8.65. The summed E-state index contributed by atoms with van der Waals surface area (Å²) in [6.45, 7) is 1.18. The van der Waals surface area contributed by atoms with E-state index in [1.807, 2.05) is 0 Å². The monoisotopic (exact) mass is 248 g/mol. The molecule has 0 bridgehead atoms. The number of anilines is 1. The summed E-state index contributed by atoms with van der Waals surface area (Å²) in [7, 11) is 0. The molecule has 0 atom stereocenters. The van der Waals surface area contributed by atoms with E-state index < -0.39 is 5.97 Å². The lowest BCUT2D eigenvalue weighted by atomic mass is 10.2. The lowest BCUT2D eigenvalue weighted by Gasteiger charge is -2.06. The van der Waals surface area contributed by atoms with E-state index in [4.69, 9.17) is 5.11 Å². The van der Waals surface area contributed by atoms with Crippen molar-refractivity contribution in [2.45, 2.75) is 12.8 Å². The van der Waals surface area contributed by atoms with Gasteiger partial charge in [-0.25, -0.2) is 4.79 Å². The molecule has 5 heteroatoms. The highest BCUT2D eigenvalue weighted by atomic mass is 16.4. The van der Waals surface area contributed by atoms with E-state index in [0.29, 0.717) is 5.69 Å². The number of benzene rings is 1. The molecular formula is C13H16N2O3. The van der Waals surface area contributed by atoms with Crippen LogP contribution in [0.1, 0.15) is 23.2 Å². The Hall–Kier alpha value is -1.88. The van der Waals surface area contributed by atoms with Crippen LogP contribution in [0.25, 0.3) is 0 Å². The van der Waals surface area contributed by atoms with Crippen molar-refractivity contribution < 1.29 is 14.7 Å². The predicted octanol–water partition coefficient (Wildman–Crippen LogP) is 1.32. The zero-order valence-electron chi connectivity index (χ0n) is 9.98. The minimum Gasteiger partial charge on any atom is -0.478 e. The Morgan fingerprint density at radius 1 is 1.22 bits per heavy atom. The van der Waals surface area contributed by atoms with Gasteiger partial charge in [0.15, 0.2) is 0 Å². The van der Waals surface area contributed by atoms with Crippen LogP contribution < -0.4 is 10.6 Å². The molecule has 1 aliphatic rings. The van der Waals surface area contributed by atoms with E-state index in [9.17, 15) is 9.59 Å². The van der Waals surface area contributed by atoms with Crippen LogP contribution in [0, 0.1) is 5.92 Å². The molecule has 1 amide bonds. The summed E-state index contributed by atoms with van der Waals surface area (Å²) in [6, 6.07) is 6.11. The van der Waals surface area contributed by atoms with E-state index in [0.717, 1.165) is 12.5 Å². The third kappa shape index (κ3) is 3.85. The summed E-state index contributed by atoms with van der Waals surface area (Å²) < 4.78 is 0. The highest BCUT2D eigenvalue weighted by molar-refractivity contribution is 5.93. The first-order valence-corrected chi connectivity index (χ1v) is 5.99. The Balaban J connectivity index is 1.76. The predicted molar refractivity (Wildman–Crippen MR) is 67.6 cm³/mol. The lowest BCUT2D eigenvalue weighted by Crippen LogP contribution is -2.29. The minimum absolute atomic E-state index is 0.112. The molecule has 0 saturated heterocycles. The van der Waals surface area contributed by atoms with Crippen LogP contribution in [0.2, 0.25) is 0 Å². The van der Waals surface area contributed by atoms with E-state index in [-0.39, 0.29) is 18.0 Å². The van der Waals surface area contributed by atoms with Crippen molar-refractivity contribution in [3.63, 3.8) is 0 Å². The van der Waals surface area contributed by atoms with Gasteiger partial charge in [0.25, 0.3) is 0 Å². The van der Waals surface area contributed by atoms with E-state index >= 15 is 0 Å². The largest absolute Gasteiger partial charge is 0.478 e. The maximum atomic E-state index is 11.5. The second-order valence-electron chi connectivity index (χ2n) is 4.50. The maximum absolute atomic E-state index is 11.5. The summed E-state index contributed by atoms with van der Waals surface area (Å²) in [4.78, 5) is 22.2. The lowest BCUT2D eigenvalue weighted by molar-refractivity contribution is -0.115. The fraction of sp³-hybridized carbons (Fsp3) is 0.385. The number of aromatic carboxylic acids is 1. The molecule has 0 aromatic heterocycles. The van der Waals surface area contributed by atoms with E-state index in [1.165, 1.54) is 25.0 Å². The Morgan fingerprint density at radius 3 is 2.44 bits per heavy atom. The third-order valence-electron chi connectivity index (χ3n) is 2.83. The van der Waals surface area contributed by atoms with Crippen molar-refractivity contribution >= 4 is 17.6 Å². The van der Waals surface area contributed by atoms with Gasteiger partial charge in [-0.3, -0.25) is 4.79 Å². The fourth-order valence-corrected chi connectivity index (χ4v) is 1.61. The molecule has 96 valence electrons. The Kier molecular flexibility index (Phi) is 3.94. The van der Waals surface area contributed by atoms with Crippen LogP contribution in [0.5, 0.6) is 0 Å². The Labute approximate surface area is 105 Å². The second kappa shape index (κ2) is 5.64. The van der Waals surface area contributed by atoms with Crippen LogP contribution in [0.15, 0.2) is 24.3 Å². The van der Waals surface area contributed by atoms with Crippen LogP contribution >= 0.6 is 0 Å². The quantitative estimate of drug-likeness (QED) is 0.709. The van der Waals surface area contributed by atoms with Gasteiger partial charge in [-0.1, -0.05) is 0 Å². The van der Waals surface area contributed by atoms with E-state index in [1.54, 1.807) is 12.1 Å². The number of hydrogen-bond acceptors (Lipinski definition) is 3. The molecule has 1 fully saturated rings. The summed E-state index contributed by atoms with van der Waals surface area (Å²) >= 11 is 0. The van der Waals surface area contributed by atoms with Gasteiger partial charge in [0.05, 0.1) is 12.1 Å². The van der Waals surface area contributed by atoms with E-state index in [2.05, 4.69) is 10.6 Å². The molecule has 5 nitrogen and oxygen atoms in total. The van der Waals surface area contributed by atoms with Crippen LogP contribution in [-0.4, -0.2) is 30.1 Å². The molecule has 1 aromatic carbocycles. The smallest absolute Gasteiger partial charge is 0.335 e. The van der Waals surface area contributed by atoms with Gasteiger partial charge in [0.1, 0.15) is 0 Å². The average molecular weight is 248 g/mol. The summed E-state index contributed by atoms with van der Waals surface area (Å²) in [6.07, 6.45) is 2.51. The molecule has 1 aliphatic carbocycles. The van der Waals surface area contributed by atoms with Crippen LogP contribution in [-0.2, 0) is 4.79 Å². The Bertz CT molecular complexity index is 438. The van der Waals surface area contributed by atoms with Crippen molar-refractivity contribution in [3.8, 4) is 0 Å². The highest BCUT2D eigenvalue weighted by Crippen LogP contribution is 2.27.